The molecule has 0 radical (unpaired) electrons. The number of benzene rings is 2. The normalized spacial score (nSPS) is 11.5. The summed E-state index contributed by atoms with van der Waals surface area (Å²) in [5.74, 6) is 0.778. The van der Waals surface area contributed by atoms with E-state index in [9.17, 15) is 13.2 Å². The van der Waals surface area contributed by atoms with Crippen molar-refractivity contribution in [1.82, 2.24) is 19.3 Å². The minimum atomic E-state index is -3.95. The number of aromatic nitrogens is 2. The van der Waals surface area contributed by atoms with Crippen LogP contribution >= 0.6 is 11.6 Å². The quantitative estimate of drug-likeness (QED) is 0.446. The monoisotopic (exact) mass is 494 g/mol. The lowest BCUT2D eigenvalue weighted by molar-refractivity contribution is -0.130. The average molecular weight is 495 g/mol. The Hall–Kier alpha value is -3.15. The van der Waals surface area contributed by atoms with Crippen molar-refractivity contribution in [1.29, 1.82) is 0 Å². The molecular weight excluding hydrogens is 472 g/mol. The lowest BCUT2D eigenvalue weighted by Crippen LogP contribution is -2.39. The topological polar surface area (TPSA) is 115 Å². The lowest BCUT2D eigenvalue weighted by Gasteiger charge is -2.21. The van der Waals surface area contributed by atoms with Gasteiger partial charge in [-0.1, -0.05) is 16.8 Å². The van der Waals surface area contributed by atoms with Crippen molar-refractivity contribution in [2.75, 3.05) is 34.9 Å². The van der Waals surface area contributed by atoms with Gasteiger partial charge in [0.05, 0.1) is 32.2 Å². The number of hydrogen-bond acceptors (Lipinski definition) is 8. The van der Waals surface area contributed by atoms with Crippen molar-refractivity contribution < 1.29 is 27.2 Å². The van der Waals surface area contributed by atoms with Crippen LogP contribution in [-0.2, 0) is 21.4 Å². The zero-order chi connectivity index (χ0) is 24.2. The first-order valence-electron chi connectivity index (χ1n) is 9.66. The Morgan fingerprint density at radius 2 is 1.73 bits per heavy atom. The van der Waals surface area contributed by atoms with Crippen molar-refractivity contribution in [3.8, 4) is 22.9 Å². The number of hydrogen-bond donors (Lipinski definition) is 0. The number of halogens is 1. The highest BCUT2D eigenvalue weighted by Crippen LogP contribution is 2.30. The van der Waals surface area contributed by atoms with Gasteiger partial charge in [0, 0.05) is 30.7 Å². The van der Waals surface area contributed by atoms with E-state index in [1.54, 1.807) is 24.3 Å². The lowest BCUT2D eigenvalue weighted by atomic mass is 10.2. The first-order chi connectivity index (χ1) is 15.6. The number of rotatable bonds is 9. The van der Waals surface area contributed by atoms with Crippen molar-refractivity contribution in [3.63, 3.8) is 0 Å². The van der Waals surface area contributed by atoms with Crippen LogP contribution in [0.15, 0.2) is 51.9 Å². The maximum Gasteiger partial charge on any atom is 0.246 e. The van der Waals surface area contributed by atoms with Gasteiger partial charge in [-0.15, -0.1) is 0 Å². The van der Waals surface area contributed by atoms with Gasteiger partial charge in [-0.3, -0.25) is 4.79 Å². The molecule has 3 aromatic rings. The predicted octanol–water partition coefficient (Wildman–Crippen LogP) is 2.69. The fraction of sp³-hybridized carbons (Fsp3) is 0.286. The summed E-state index contributed by atoms with van der Waals surface area (Å²) in [6, 6.07) is 11.1. The summed E-state index contributed by atoms with van der Waals surface area (Å²) in [6.07, 6.45) is 0. The van der Waals surface area contributed by atoms with Crippen molar-refractivity contribution in [3.05, 3.63) is 53.4 Å². The first-order valence-corrected chi connectivity index (χ1v) is 11.5. The molecular formula is C21H23ClN4O6S. The van der Waals surface area contributed by atoms with Gasteiger partial charge in [0.1, 0.15) is 0 Å². The number of likely N-dealkylation sites (N-methyl/N-ethyl adjacent to an activating group) is 2. The third-order valence-corrected chi connectivity index (χ3v) is 6.84. The maximum absolute atomic E-state index is 12.9. The number of ether oxygens (including phenoxy) is 2. The number of carbonyl (C=O) groups is 1. The Balaban J connectivity index is 1.66. The molecule has 2 aromatic carbocycles. The summed E-state index contributed by atoms with van der Waals surface area (Å²) in [5, 5.41) is 4.49. The Labute approximate surface area is 196 Å². The van der Waals surface area contributed by atoms with Crippen LogP contribution in [0.3, 0.4) is 0 Å². The van der Waals surface area contributed by atoms with E-state index in [1.165, 1.54) is 51.4 Å². The summed E-state index contributed by atoms with van der Waals surface area (Å²) >= 11 is 5.88. The predicted molar refractivity (Wildman–Crippen MR) is 121 cm³/mol. The van der Waals surface area contributed by atoms with Crippen molar-refractivity contribution >= 4 is 27.5 Å². The molecule has 0 saturated carbocycles. The molecule has 33 heavy (non-hydrogen) atoms. The fourth-order valence-electron chi connectivity index (χ4n) is 2.88. The van der Waals surface area contributed by atoms with Gasteiger partial charge in [0.15, 0.2) is 11.5 Å². The molecule has 12 heteroatoms. The number of carbonyl (C=O) groups excluding carboxylic acids is 1. The summed E-state index contributed by atoms with van der Waals surface area (Å²) in [7, 11) is 1.76. The van der Waals surface area contributed by atoms with Crippen LogP contribution < -0.4 is 9.47 Å². The minimum Gasteiger partial charge on any atom is -0.493 e. The van der Waals surface area contributed by atoms with E-state index in [0.717, 1.165) is 4.31 Å². The standard InChI is InChI=1S/C21H23ClN4O6S/c1-25(12-19-23-21(24-32-19)14-5-7-15(22)8-6-14)20(27)13-26(2)33(28,29)16-9-10-17(30-3)18(11-16)31-4/h5-11H,12-13H2,1-4H3. The largest absolute Gasteiger partial charge is 0.493 e. The van der Waals surface area contributed by atoms with E-state index in [0.29, 0.717) is 22.2 Å². The van der Waals surface area contributed by atoms with Gasteiger partial charge in [-0.05, 0) is 36.4 Å². The number of amides is 1. The third kappa shape index (κ3) is 5.62. The van der Waals surface area contributed by atoms with E-state index in [-0.39, 0.29) is 29.6 Å². The highest BCUT2D eigenvalue weighted by molar-refractivity contribution is 7.89. The number of methoxy groups -OCH3 is 2. The Morgan fingerprint density at radius 1 is 1.06 bits per heavy atom. The molecule has 0 spiro atoms. The van der Waals surface area contributed by atoms with Crippen LogP contribution in [-0.4, -0.2) is 68.5 Å². The second-order valence-corrected chi connectivity index (χ2v) is 9.53. The first kappa shape index (κ1) is 24.5. The fourth-order valence-corrected chi connectivity index (χ4v) is 4.14. The van der Waals surface area contributed by atoms with Gasteiger partial charge in [-0.25, -0.2) is 8.42 Å². The van der Waals surface area contributed by atoms with E-state index in [4.69, 9.17) is 25.6 Å². The third-order valence-electron chi connectivity index (χ3n) is 4.79. The average Bonchev–Trinajstić information content (AvgIpc) is 3.27. The summed E-state index contributed by atoms with van der Waals surface area (Å²) < 4.78 is 42.3. The van der Waals surface area contributed by atoms with Gasteiger partial charge in [0.2, 0.25) is 27.6 Å². The zero-order valence-electron chi connectivity index (χ0n) is 18.5. The van der Waals surface area contributed by atoms with E-state index in [1.807, 2.05) is 0 Å². The van der Waals surface area contributed by atoms with Crippen LogP contribution in [0.1, 0.15) is 5.89 Å². The van der Waals surface area contributed by atoms with Gasteiger partial charge < -0.3 is 18.9 Å². The molecule has 1 amide bonds. The molecule has 3 rings (SSSR count). The molecule has 0 bridgehead atoms. The second-order valence-electron chi connectivity index (χ2n) is 7.05. The molecule has 0 aliphatic carbocycles. The van der Waals surface area contributed by atoms with Crippen molar-refractivity contribution in [2.45, 2.75) is 11.4 Å². The molecule has 176 valence electrons. The van der Waals surface area contributed by atoms with Crippen LogP contribution in [0.25, 0.3) is 11.4 Å². The molecule has 0 unspecified atom stereocenters. The number of nitrogens with zero attached hydrogens (tertiary/aromatic N) is 4. The summed E-state index contributed by atoms with van der Waals surface area (Å²) in [4.78, 5) is 18.2. The van der Waals surface area contributed by atoms with E-state index >= 15 is 0 Å². The SMILES string of the molecule is COc1ccc(S(=O)(=O)N(C)CC(=O)N(C)Cc2nc(-c3ccc(Cl)cc3)no2)cc1OC. The molecule has 1 aromatic heterocycles. The molecule has 0 saturated heterocycles. The maximum atomic E-state index is 12.9. The molecule has 10 nitrogen and oxygen atoms in total. The van der Waals surface area contributed by atoms with E-state index < -0.39 is 15.9 Å². The van der Waals surface area contributed by atoms with Gasteiger partial charge in [-0.2, -0.15) is 9.29 Å². The van der Waals surface area contributed by atoms with E-state index in [2.05, 4.69) is 10.1 Å². The van der Waals surface area contributed by atoms with Crippen LogP contribution in [0.5, 0.6) is 11.5 Å². The smallest absolute Gasteiger partial charge is 0.246 e. The molecule has 0 aliphatic heterocycles. The van der Waals surface area contributed by atoms with Crippen LogP contribution in [0, 0.1) is 0 Å². The second kappa shape index (κ2) is 10.2. The molecule has 0 aliphatic rings. The van der Waals surface area contributed by atoms with Gasteiger partial charge in [0.25, 0.3) is 0 Å². The Kier molecular flexibility index (Phi) is 7.57. The Morgan fingerprint density at radius 3 is 2.36 bits per heavy atom. The van der Waals surface area contributed by atoms with Crippen LogP contribution in [0.4, 0.5) is 0 Å². The van der Waals surface area contributed by atoms with Gasteiger partial charge >= 0.3 is 0 Å². The molecule has 0 N–H and O–H groups in total. The molecule has 0 atom stereocenters. The molecule has 1 heterocycles. The highest BCUT2D eigenvalue weighted by Gasteiger charge is 2.26. The van der Waals surface area contributed by atoms with Crippen LogP contribution in [0.2, 0.25) is 5.02 Å². The minimum absolute atomic E-state index is 0.0175. The highest BCUT2D eigenvalue weighted by atomic mass is 35.5. The summed E-state index contributed by atoms with van der Waals surface area (Å²) in [5.41, 5.74) is 0.712. The number of sulfonamides is 1. The van der Waals surface area contributed by atoms with Crippen molar-refractivity contribution in [2.24, 2.45) is 0 Å². The molecule has 0 fully saturated rings. The summed E-state index contributed by atoms with van der Waals surface area (Å²) in [6.45, 7) is -0.366. The zero-order valence-corrected chi connectivity index (χ0v) is 20.1. The Bertz CT molecular complexity index is 1230.